The zero-order valence-electron chi connectivity index (χ0n) is 9.49. The number of hydrogen-bond acceptors (Lipinski definition) is 5. The summed E-state index contributed by atoms with van der Waals surface area (Å²) in [6.07, 6.45) is -0.865. The van der Waals surface area contributed by atoms with Crippen molar-refractivity contribution >= 4 is 16.0 Å². The average Bonchev–Trinajstić information content (AvgIpc) is 2.26. The molecular weight excluding hydrogens is 262 g/mol. The number of hydrogen-bond donors (Lipinski definition) is 4. The van der Waals surface area contributed by atoms with Crippen molar-refractivity contribution in [2.45, 2.75) is 17.9 Å². The first-order chi connectivity index (χ1) is 8.24. The summed E-state index contributed by atoms with van der Waals surface area (Å²) < 4.78 is 25.6. The number of carboxylic acids is 1. The standard InChI is InChI=1S/C10H13NO6S/c1-6(12)5-11-18(16,17)7-2-3-9(13)8(4-7)10(14)15/h2-4,6,11-13H,5H2,1H3,(H,14,15)/t6-/m0/s1. The molecular formula is C10H13NO6S. The predicted octanol–water partition coefficient (Wildman–Crippen LogP) is -0.251. The van der Waals surface area contributed by atoms with Crippen molar-refractivity contribution in [1.29, 1.82) is 0 Å². The summed E-state index contributed by atoms with van der Waals surface area (Å²) in [6.45, 7) is 1.22. The molecule has 1 aromatic carbocycles. The van der Waals surface area contributed by atoms with Crippen LogP contribution in [0.5, 0.6) is 5.75 Å². The van der Waals surface area contributed by atoms with Crippen molar-refractivity contribution in [3.8, 4) is 5.75 Å². The van der Waals surface area contributed by atoms with Crippen LogP contribution >= 0.6 is 0 Å². The summed E-state index contributed by atoms with van der Waals surface area (Å²) >= 11 is 0. The Kier molecular flexibility index (Phi) is 4.28. The van der Waals surface area contributed by atoms with Crippen LogP contribution in [-0.4, -0.2) is 42.4 Å². The van der Waals surface area contributed by atoms with E-state index in [9.17, 15) is 18.3 Å². The lowest BCUT2D eigenvalue weighted by molar-refractivity contribution is 0.0693. The van der Waals surface area contributed by atoms with Gasteiger partial charge in [0.1, 0.15) is 11.3 Å². The van der Waals surface area contributed by atoms with Gasteiger partial charge in [0.25, 0.3) is 0 Å². The Morgan fingerprint density at radius 3 is 2.56 bits per heavy atom. The van der Waals surface area contributed by atoms with Crippen LogP contribution in [0.4, 0.5) is 0 Å². The second-order valence-electron chi connectivity index (χ2n) is 3.69. The number of carboxylic acid groups (broad SMARTS) is 1. The lowest BCUT2D eigenvalue weighted by Crippen LogP contribution is -2.30. The van der Waals surface area contributed by atoms with Gasteiger partial charge in [-0.05, 0) is 25.1 Å². The molecule has 0 aliphatic heterocycles. The van der Waals surface area contributed by atoms with Crippen LogP contribution in [0.15, 0.2) is 23.1 Å². The number of benzene rings is 1. The lowest BCUT2D eigenvalue weighted by Gasteiger charge is -2.09. The van der Waals surface area contributed by atoms with Gasteiger partial charge < -0.3 is 15.3 Å². The number of aliphatic hydroxyl groups excluding tert-OH is 1. The van der Waals surface area contributed by atoms with E-state index in [0.717, 1.165) is 18.2 Å². The molecule has 0 aliphatic rings. The molecule has 0 saturated carbocycles. The number of rotatable bonds is 5. The predicted molar refractivity (Wildman–Crippen MR) is 61.9 cm³/mol. The Bertz CT molecular complexity index is 551. The number of phenols is 1. The van der Waals surface area contributed by atoms with Crippen molar-refractivity contribution in [1.82, 2.24) is 4.72 Å². The molecule has 0 radical (unpaired) electrons. The Morgan fingerprint density at radius 2 is 2.06 bits per heavy atom. The molecule has 1 rings (SSSR count). The molecule has 0 fully saturated rings. The Labute approximate surface area is 104 Å². The summed E-state index contributed by atoms with van der Waals surface area (Å²) in [5, 5.41) is 27.0. The van der Waals surface area contributed by atoms with Gasteiger partial charge in [-0.3, -0.25) is 0 Å². The van der Waals surface area contributed by atoms with Gasteiger partial charge in [-0.1, -0.05) is 0 Å². The number of carbonyl (C=O) groups is 1. The van der Waals surface area contributed by atoms with Gasteiger partial charge in [0, 0.05) is 6.54 Å². The van der Waals surface area contributed by atoms with Crippen LogP contribution in [-0.2, 0) is 10.0 Å². The van der Waals surface area contributed by atoms with Crippen molar-refractivity contribution in [3.63, 3.8) is 0 Å². The number of aliphatic hydroxyl groups is 1. The third-order valence-electron chi connectivity index (χ3n) is 2.08. The fourth-order valence-corrected chi connectivity index (χ4v) is 2.31. The highest BCUT2D eigenvalue weighted by Crippen LogP contribution is 2.21. The smallest absolute Gasteiger partial charge is 0.339 e. The minimum atomic E-state index is -3.91. The Morgan fingerprint density at radius 1 is 1.44 bits per heavy atom. The monoisotopic (exact) mass is 275 g/mol. The highest BCUT2D eigenvalue weighted by molar-refractivity contribution is 7.89. The molecule has 0 saturated heterocycles. The van der Waals surface area contributed by atoms with Crippen LogP contribution in [0.25, 0.3) is 0 Å². The molecule has 0 bridgehead atoms. The Hall–Kier alpha value is -1.64. The van der Waals surface area contributed by atoms with E-state index in [0.29, 0.717) is 0 Å². The van der Waals surface area contributed by atoms with E-state index >= 15 is 0 Å². The molecule has 0 spiro atoms. The molecule has 0 heterocycles. The topological polar surface area (TPSA) is 124 Å². The summed E-state index contributed by atoms with van der Waals surface area (Å²) in [7, 11) is -3.91. The maximum absolute atomic E-state index is 11.7. The maximum Gasteiger partial charge on any atom is 0.339 e. The molecule has 7 nitrogen and oxygen atoms in total. The van der Waals surface area contributed by atoms with Gasteiger partial charge in [0.05, 0.1) is 11.0 Å². The minimum Gasteiger partial charge on any atom is -0.507 e. The SMILES string of the molecule is C[C@H](O)CNS(=O)(=O)c1ccc(O)c(C(=O)O)c1. The molecule has 0 amide bonds. The van der Waals surface area contributed by atoms with Gasteiger partial charge in [-0.2, -0.15) is 0 Å². The molecule has 0 unspecified atom stereocenters. The van der Waals surface area contributed by atoms with Crippen molar-refractivity contribution < 1.29 is 28.5 Å². The van der Waals surface area contributed by atoms with Gasteiger partial charge >= 0.3 is 5.97 Å². The van der Waals surface area contributed by atoms with E-state index in [1.807, 2.05) is 0 Å². The van der Waals surface area contributed by atoms with E-state index in [1.165, 1.54) is 6.92 Å². The Balaban J connectivity index is 3.10. The third-order valence-corrected chi connectivity index (χ3v) is 3.50. The molecule has 0 aliphatic carbocycles. The first-order valence-corrected chi connectivity index (χ1v) is 6.46. The van der Waals surface area contributed by atoms with Crippen LogP contribution in [0.2, 0.25) is 0 Å². The van der Waals surface area contributed by atoms with Crippen molar-refractivity contribution in [2.24, 2.45) is 0 Å². The van der Waals surface area contributed by atoms with Crippen LogP contribution in [0.3, 0.4) is 0 Å². The number of aromatic carboxylic acids is 1. The van der Waals surface area contributed by atoms with Gasteiger partial charge in [0.15, 0.2) is 0 Å². The van der Waals surface area contributed by atoms with Gasteiger partial charge in [0.2, 0.25) is 10.0 Å². The van der Waals surface area contributed by atoms with E-state index in [4.69, 9.17) is 10.2 Å². The summed E-state index contributed by atoms with van der Waals surface area (Å²) in [6, 6.07) is 2.91. The summed E-state index contributed by atoms with van der Waals surface area (Å²) in [4.78, 5) is 10.5. The highest BCUT2D eigenvalue weighted by atomic mass is 32.2. The molecule has 1 aromatic rings. The van der Waals surface area contributed by atoms with E-state index in [1.54, 1.807) is 0 Å². The molecule has 4 N–H and O–H groups in total. The fraction of sp³-hybridized carbons (Fsp3) is 0.300. The number of nitrogens with one attached hydrogen (secondary N) is 1. The quantitative estimate of drug-likeness (QED) is 0.587. The largest absolute Gasteiger partial charge is 0.507 e. The zero-order chi connectivity index (χ0) is 13.9. The maximum atomic E-state index is 11.7. The highest BCUT2D eigenvalue weighted by Gasteiger charge is 2.18. The van der Waals surface area contributed by atoms with Crippen molar-refractivity contribution in [3.05, 3.63) is 23.8 Å². The minimum absolute atomic E-state index is 0.189. The van der Waals surface area contributed by atoms with Crippen LogP contribution in [0.1, 0.15) is 17.3 Å². The van der Waals surface area contributed by atoms with Gasteiger partial charge in [-0.15, -0.1) is 0 Å². The first-order valence-electron chi connectivity index (χ1n) is 4.98. The second-order valence-corrected chi connectivity index (χ2v) is 5.45. The van der Waals surface area contributed by atoms with E-state index in [-0.39, 0.29) is 11.4 Å². The molecule has 18 heavy (non-hydrogen) atoms. The summed E-state index contributed by atoms with van der Waals surface area (Å²) in [5.74, 6) is -1.95. The molecule has 1 atom stereocenters. The van der Waals surface area contributed by atoms with Crippen LogP contribution < -0.4 is 4.72 Å². The van der Waals surface area contributed by atoms with Crippen molar-refractivity contribution in [2.75, 3.05) is 6.54 Å². The van der Waals surface area contributed by atoms with E-state index in [2.05, 4.69) is 4.72 Å². The molecule has 8 heteroatoms. The van der Waals surface area contributed by atoms with Crippen LogP contribution in [0, 0.1) is 0 Å². The number of aromatic hydroxyl groups is 1. The first kappa shape index (κ1) is 14.4. The normalized spacial score (nSPS) is 13.2. The zero-order valence-corrected chi connectivity index (χ0v) is 10.3. The second kappa shape index (κ2) is 5.34. The lowest BCUT2D eigenvalue weighted by atomic mass is 10.2. The third kappa shape index (κ3) is 3.42. The fourth-order valence-electron chi connectivity index (χ4n) is 1.17. The average molecular weight is 275 g/mol. The van der Waals surface area contributed by atoms with Gasteiger partial charge in [-0.25, -0.2) is 17.9 Å². The number of sulfonamides is 1. The molecule has 0 aromatic heterocycles. The van der Waals surface area contributed by atoms with E-state index < -0.39 is 33.4 Å². The molecule has 100 valence electrons. The summed E-state index contributed by atoms with van der Waals surface area (Å²) in [5.41, 5.74) is -0.505.